The first-order chi connectivity index (χ1) is 18.2. The van der Waals surface area contributed by atoms with Gasteiger partial charge in [0.15, 0.2) is 11.5 Å². The number of aromatic amines is 2. The average molecular weight is 488 g/mol. The lowest BCUT2D eigenvalue weighted by Gasteiger charge is -2.24. The lowest BCUT2D eigenvalue weighted by Crippen LogP contribution is -2.28. The molecule has 6 aromatic rings. The molecule has 180 valence electrons. The topological polar surface area (TPSA) is 138 Å². The number of pyridine rings is 4. The molecule has 0 bridgehead atoms. The molecule has 1 aliphatic rings. The first-order valence-corrected chi connectivity index (χ1v) is 12.1. The van der Waals surface area contributed by atoms with Crippen molar-refractivity contribution in [1.82, 2.24) is 40.1 Å². The molecule has 0 unspecified atom stereocenters. The summed E-state index contributed by atoms with van der Waals surface area (Å²) in [4.78, 5) is 38.3. The third-order valence-corrected chi connectivity index (χ3v) is 6.79. The zero-order valence-electron chi connectivity index (χ0n) is 19.6. The number of carbonyl (C=O) groups is 1. The summed E-state index contributed by atoms with van der Waals surface area (Å²) in [5.74, 6) is 0.762. The van der Waals surface area contributed by atoms with Crippen molar-refractivity contribution in [1.29, 1.82) is 0 Å². The predicted molar refractivity (Wildman–Crippen MR) is 139 cm³/mol. The van der Waals surface area contributed by atoms with Crippen LogP contribution in [0.3, 0.4) is 0 Å². The van der Waals surface area contributed by atoms with E-state index in [1.165, 1.54) is 0 Å². The van der Waals surface area contributed by atoms with Gasteiger partial charge in [-0.15, -0.1) is 0 Å². The largest absolute Gasteiger partial charge is 0.335 e. The van der Waals surface area contributed by atoms with Gasteiger partial charge < -0.3 is 10.3 Å². The minimum absolute atomic E-state index is 0.0559. The van der Waals surface area contributed by atoms with E-state index >= 15 is 0 Å². The number of H-pyrrole nitrogens is 2. The molecule has 1 aliphatic carbocycles. The number of hydrogen-bond acceptors (Lipinski definition) is 7. The highest BCUT2D eigenvalue weighted by molar-refractivity contribution is 5.97. The van der Waals surface area contributed by atoms with Gasteiger partial charge in [-0.3, -0.25) is 24.8 Å². The van der Waals surface area contributed by atoms with Gasteiger partial charge in [0.1, 0.15) is 11.2 Å². The molecule has 6 heterocycles. The molecule has 0 radical (unpaired) electrons. The lowest BCUT2D eigenvalue weighted by molar-refractivity contribution is -0.122. The van der Waals surface area contributed by atoms with E-state index in [4.69, 9.17) is 4.98 Å². The Bertz CT molecular complexity index is 1770. The van der Waals surface area contributed by atoms with Gasteiger partial charge in [-0.1, -0.05) is 12.5 Å². The van der Waals surface area contributed by atoms with Gasteiger partial charge in [0.2, 0.25) is 5.91 Å². The number of imidazole rings is 1. The summed E-state index contributed by atoms with van der Waals surface area (Å²) in [6, 6.07) is 9.66. The lowest BCUT2D eigenvalue weighted by atomic mass is 9.85. The fourth-order valence-corrected chi connectivity index (χ4v) is 4.58. The maximum absolute atomic E-state index is 12.4. The number of nitrogens with one attached hydrogen (secondary N) is 3. The number of fused-ring (bicyclic) bond motifs is 2. The Hall–Kier alpha value is -4.99. The summed E-state index contributed by atoms with van der Waals surface area (Å²) in [5.41, 5.74) is 6.86. The molecule has 0 aromatic carbocycles. The normalized spacial score (nSPS) is 13.6. The van der Waals surface area contributed by atoms with Gasteiger partial charge >= 0.3 is 0 Å². The number of carbonyl (C=O) groups excluding carboxylic acids is 1. The number of anilines is 1. The van der Waals surface area contributed by atoms with Crippen molar-refractivity contribution in [3.05, 3.63) is 67.5 Å². The first-order valence-electron chi connectivity index (χ1n) is 12.1. The van der Waals surface area contributed by atoms with Crippen LogP contribution in [-0.2, 0) is 4.79 Å². The van der Waals surface area contributed by atoms with Crippen molar-refractivity contribution in [2.24, 2.45) is 5.92 Å². The van der Waals surface area contributed by atoms with Crippen molar-refractivity contribution in [3.8, 4) is 33.9 Å². The Morgan fingerprint density at radius 3 is 2.70 bits per heavy atom. The minimum atomic E-state index is 0.0559. The van der Waals surface area contributed by atoms with Crippen molar-refractivity contribution in [2.75, 3.05) is 5.32 Å². The van der Waals surface area contributed by atoms with E-state index < -0.39 is 0 Å². The number of aromatic nitrogens is 8. The molecule has 1 saturated carbocycles. The Morgan fingerprint density at radius 1 is 0.973 bits per heavy atom. The maximum Gasteiger partial charge on any atom is 0.227 e. The summed E-state index contributed by atoms with van der Waals surface area (Å²) >= 11 is 0. The second-order valence-corrected chi connectivity index (χ2v) is 9.16. The van der Waals surface area contributed by atoms with Crippen LogP contribution in [0.2, 0.25) is 0 Å². The Labute approximate surface area is 210 Å². The summed E-state index contributed by atoms with van der Waals surface area (Å²) in [6.45, 7) is 0. The van der Waals surface area contributed by atoms with Crippen LogP contribution in [-0.4, -0.2) is 46.0 Å². The Kier molecular flexibility index (Phi) is 4.95. The average Bonchev–Trinajstić information content (AvgIpc) is 3.52. The molecule has 37 heavy (non-hydrogen) atoms. The number of amides is 1. The third kappa shape index (κ3) is 3.79. The van der Waals surface area contributed by atoms with E-state index in [2.05, 4.69) is 40.4 Å². The SMILES string of the molecule is O=C(Nc1cncc(-c2cnc3[nH]nc(-c4nc5c(-c6ccccn6)cncc5[nH]4)c3c2)c1)C1CCC1. The molecule has 0 aliphatic heterocycles. The summed E-state index contributed by atoms with van der Waals surface area (Å²) < 4.78 is 0. The van der Waals surface area contributed by atoms with Crippen LogP contribution in [0.4, 0.5) is 5.69 Å². The van der Waals surface area contributed by atoms with Gasteiger partial charge in [-0.25, -0.2) is 9.97 Å². The molecule has 0 saturated heterocycles. The summed E-state index contributed by atoms with van der Waals surface area (Å²) in [5, 5.41) is 11.3. The molecular weight excluding hydrogens is 466 g/mol. The summed E-state index contributed by atoms with van der Waals surface area (Å²) in [6.07, 6.45) is 13.5. The molecule has 10 heteroatoms. The zero-order valence-corrected chi connectivity index (χ0v) is 19.6. The Balaban J connectivity index is 1.26. The van der Waals surface area contributed by atoms with Crippen molar-refractivity contribution in [3.63, 3.8) is 0 Å². The number of nitrogens with zero attached hydrogens (tertiary/aromatic N) is 6. The second-order valence-electron chi connectivity index (χ2n) is 9.16. The first kappa shape index (κ1) is 21.3. The van der Waals surface area contributed by atoms with Gasteiger partial charge in [-0.05, 0) is 37.1 Å². The standard InChI is InChI=1S/C27H21N9O/c37-27(15-4-3-5-15)32-18-8-16(10-28-12-18)17-9-19-24(35-36-25(19)31-11-17)26-33-22-14-29-13-20(23(22)34-26)21-6-1-2-7-30-21/h1-2,6-15H,3-5H2,(H,32,37)(H,33,34)(H,31,35,36). The van der Waals surface area contributed by atoms with Gasteiger partial charge in [0.25, 0.3) is 0 Å². The fourth-order valence-electron chi connectivity index (χ4n) is 4.58. The van der Waals surface area contributed by atoms with E-state index in [-0.39, 0.29) is 11.8 Å². The molecule has 1 amide bonds. The Morgan fingerprint density at radius 2 is 1.86 bits per heavy atom. The van der Waals surface area contributed by atoms with Crippen molar-refractivity contribution < 1.29 is 4.79 Å². The van der Waals surface area contributed by atoms with Crippen LogP contribution in [0, 0.1) is 5.92 Å². The van der Waals surface area contributed by atoms with Crippen LogP contribution < -0.4 is 5.32 Å². The van der Waals surface area contributed by atoms with Crippen LogP contribution in [0.1, 0.15) is 19.3 Å². The van der Waals surface area contributed by atoms with Crippen LogP contribution in [0.15, 0.2) is 67.5 Å². The van der Waals surface area contributed by atoms with Crippen LogP contribution >= 0.6 is 0 Å². The smallest absolute Gasteiger partial charge is 0.227 e. The molecule has 3 N–H and O–H groups in total. The molecule has 1 fully saturated rings. The molecule has 7 rings (SSSR count). The van der Waals surface area contributed by atoms with Crippen LogP contribution in [0.5, 0.6) is 0 Å². The van der Waals surface area contributed by atoms with Crippen molar-refractivity contribution >= 4 is 33.7 Å². The molecule has 0 atom stereocenters. The fraction of sp³-hybridized carbons (Fsp3) is 0.148. The summed E-state index contributed by atoms with van der Waals surface area (Å²) in [7, 11) is 0. The quantitative estimate of drug-likeness (QED) is 0.319. The highest BCUT2D eigenvalue weighted by Crippen LogP contribution is 2.32. The molecular formula is C27H21N9O. The van der Waals surface area contributed by atoms with E-state index in [0.717, 1.165) is 58.1 Å². The monoisotopic (exact) mass is 487 g/mol. The maximum atomic E-state index is 12.4. The second kappa shape index (κ2) is 8.59. The van der Waals surface area contributed by atoms with E-state index in [1.54, 1.807) is 37.2 Å². The van der Waals surface area contributed by atoms with Crippen molar-refractivity contribution in [2.45, 2.75) is 19.3 Å². The number of hydrogen-bond donors (Lipinski definition) is 3. The number of rotatable bonds is 5. The van der Waals surface area contributed by atoms with E-state index in [0.29, 0.717) is 22.9 Å². The molecule has 0 spiro atoms. The van der Waals surface area contributed by atoms with Gasteiger partial charge in [0.05, 0.1) is 34.7 Å². The highest BCUT2D eigenvalue weighted by atomic mass is 16.1. The van der Waals surface area contributed by atoms with E-state index in [9.17, 15) is 4.79 Å². The highest BCUT2D eigenvalue weighted by Gasteiger charge is 2.25. The van der Waals surface area contributed by atoms with E-state index in [1.807, 2.05) is 30.3 Å². The van der Waals surface area contributed by atoms with Gasteiger partial charge in [-0.2, -0.15) is 5.10 Å². The minimum Gasteiger partial charge on any atom is -0.335 e. The predicted octanol–water partition coefficient (Wildman–Crippen LogP) is 4.76. The molecule has 10 nitrogen and oxygen atoms in total. The van der Waals surface area contributed by atoms with Crippen LogP contribution in [0.25, 0.3) is 56.0 Å². The van der Waals surface area contributed by atoms with Gasteiger partial charge in [0, 0.05) is 47.4 Å². The zero-order chi connectivity index (χ0) is 24.8. The molecule has 6 aromatic heterocycles. The third-order valence-electron chi connectivity index (χ3n) is 6.79.